The lowest BCUT2D eigenvalue weighted by molar-refractivity contribution is -0.138. The van der Waals surface area contributed by atoms with Gasteiger partial charge in [0.15, 0.2) is 5.82 Å². The molecule has 0 bridgehead atoms. The monoisotopic (exact) mass is 489 g/mol. The van der Waals surface area contributed by atoms with E-state index in [1.165, 1.54) is 17.3 Å². The summed E-state index contributed by atoms with van der Waals surface area (Å²) in [6.45, 7) is -0.857. The van der Waals surface area contributed by atoms with Crippen molar-refractivity contribution in [2.75, 3.05) is 4.90 Å². The van der Waals surface area contributed by atoms with Crippen LogP contribution in [0.5, 0.6) is 0 Å². The summed E-state index contributed by atoms with van der Waals surface area (Å²) in [5.41, 5.74) is 1.81. The Kier molecular flexibility index (Phi) is 5.57. The zero-order valence-electron chi connectivity index (χ0n) is 18.9. The molecule has 180 valence electrons. The SMILES string of the molecule is Cn1cnnc1-c1cc(C#N)ccc1-c1cccc(N2Cc3c(cc(CO)cc3C(F)(F)F)C2=O)c1. The highest BCUT2D eigenvalue weighted by atomic mass is 19.4. The number of anilines is 1. The van der Waals surface area contributed by atoms with Crippen LogP contribution in [-0.4, -0.2) is 25.8 Å². The Morgan fingerprint density at radius 3 is 2.56 bits per heavy atom. The van der Waals surface area contributed by atoms with E-state index in [9.17, 15) is 28.3 Å². The van der Waals surface area contributed by atoms with E-state index >= 15 is 0 Å². The fraction of sp³-hybridized carbons (Fsp3) is 0.154. The third-order valence-corrected chi connectivity index (χ3v) is 6.16. The maximum absolute atomic E-state index is 13.7. The molecule has 1 aliphatic heterocycles. The Labute approximate surface area is 203 Å². The highest BCUT2D eigenvalue weighted by Crippen LogP contribution is 2.40. The van der Waals surface area contributed by atoms with Crippen molar-refractivity contribution in [3.05, 3.63) is 88.7 Å². The molecule has 0 aliphatic carbocycles. The van der Waals surface area contributed by atoms with Gasteiger partial charge in [-0.1, -0.05) is 18.2 Å². The summed E-state index contributed by atoms with van der Waals surface area (Å²) in [7, 11) is 1.77. The van der Waals surface area contributed by atoms with Gasteiger partial charge in [0.25, 0.3) is 5.91 Å². The van der Waals surface area contributed by atoms with Crippen molar-refractivity contribution >= 4 is 11.6 Å². The van der Waals surface area contributed by atoms with E-state index in [0.717, 1.165) is 11.6 Å². The van der Waals surface area contributed by atoms with Gasteiger partial charge in [0.05, 0.1) is 30.3 Å². The van der Waals surface area contributed by atoms with Gasteiger partial charge in [-0.05, 0) is 58.7 Å². The van der Waals surface area contributed by atoms with Crippen LogP contribution in [0.1, 0.15) is 32.6 Å². The van der Waals surface area contributed by atoms with Gasteiger partial charge in [-0.15, -0.1) is 10.2 Å². The molecule has 7 nitrogen and oxygen atoms in total. The van der Waals surface area contributed by atoms with E-state index in [4.69, 9.17) is 0 Å². The molecule has 10 heteroatoms. The van der Waals surface area contributed by atoms with E-state index in [1.807, 2.05) is 6.07 Å². The maximum Gasteiger partial charge on any atom is 0.416 e. The molecule has 0 saturated heterocycles. The van der Waals surface area contributed by atoms with E-state index in [2.05, 4.69) is 16.3 Å². The minimum Gasteiger partial charge on any atom is -0.392 e. The summed E-state index contributed by atoms with van der Waals surface area (Å²) in [6.07, 6.45) is -3.13. The first-order valence-electron chi connectivity index (χ1n) is 10.9. The summed E-state index contributed by atoms with van der Waals surface area (Å²) in [4.78, 5) is 14.5. The van der Waals surface area contributed by atoms with Gasteiger partial charge in [-0.3, -0.25) is 4.79 Å². The largest absolute Gasteiger partial charge is 0.416 e. The lowest BCUT2D eigenvalue weighted by Gasteiger charge is -2.18. The van der Waals surface area contributed by atoms with E-state index in [-0.39, 0.29) is 23.2 Å². The molecule has 5 rings (SSSR count). The zero-order valence-corrected chi connectivity index (χ0v) is 18.9. The quantitative estimate of drug-likeness (QED) is 0.449. The number of rotatable bonds is 4. The third-order valence-electron chi connectivity index (χ3n) is 6.16. The molecule has 0 unspecified atom stereocenters. The number of carbonyl (C=O) groups is 1. The molecule has 2 heterocycles. The first-order valence-corrected chi connectivity index (χ1v) is 10.9. The number of benzene rings is 3. The standard InChI is InChI=1S/C26H18F3N5O2/c1-33-14-31-32-24(33)20-7-15(11-30)5-6-19(20)17-3-2-4-18(10-17)34-12-22-21(25(34)36)8-16(13-35)9-23(22)26(27,28)29/h2-10,14,35H,12-13H2,1H3. The summed E-state index contributed by atoms with van der Waals surface area (Å²) in [5.74, 6) is -0.0418. The number of hydrogen-bond acceptors (Lipinski definition) is 5. The fourth-order valence-electron chi connectivity index (χ4n) is 4.44. The van der Waals surface area contributed by atoms with Crippen molar-refractivity contribution in [1.29, 1.82) is 5.26 Å². The molecule has 1 aliphatic rings. The average Bonchev–Trinajstić information content (AvgIpc) is 3.45. The predicted octanol–water partition coefficient (Wildman–Crippen LogP) is 4.69. The second-order valence-corrected chi connectivity index (χ2v) is 8.40. The van der Waals surface area contributed by atoms with Crippen LogP contribution in [0, 0.1) is 11.3 Å². The van der Waals surface area contributed by atoms with Crippen molar-refractivity contribution in [2.45, 2.75) is 19.3 Å². The van der Waals surface area contributed by atoms with Crippen molar-refractivity contribution in [2.24, 2.45) is 7.05 Å². The number of carbonyl (C=O) groups excluding carboxylic acids is 1. The van der Waals surface area contributed by atoms with Crippen molar-refractivity contribution in [1.82, 2.24) is 14.8 Å². The highest BCUT2D eigenvalue weighted by molar-refractivity contribution is 6.10. The van der Waals surface area contributed by atoms with Crippen LogP contribution >= 0.6 is 0 Å². The van der Waals surface area contributed by atoms with Gasteiger partial charge in [-0.2, -0.15) is 18.4 Å². The van der Waals surface area contributed by atoms with Crippen LogP contribution in [0.25, 0.3) is 22.5 Å². The molecular formula is C26H18F3N5O2. The second kappa shape index (κ2) is 8.62. The van der Waals surface area contributed by atoms with Crippen molar-refractivity contribution in [3.63, 3.8) is 0 Å². The molecule has 4 aromatic rings. The number of aliphatic hydroxyl groups excluding tert-OH is 1. The first kappa shape index (κ1) is 23.3. The van der Waals surface area contributed by atoms with Gasteiger partial charge in [0, 0.05) is 23.9 Å². The molecule has 1 aromatic heterocycles. The van der Waals surface area contributed by atoms with Crippen LogP contribution in [-0.2, 0) is 26.4 Å². The van der Waals surface area contributed by atoms with Gasteiger partial charge < -0.3 is 14.6 Å². The Morgan fingerprint density at radius 2 is 1.89 bits per heavy atom. The summed E-state index contributed by atoms with van der Waals surface area (Å²) < 4.78 is 42.9. The molecule has 1 amide bonds. The Bertz CT molecular complexity index is 1550. The fourth-order valence-corrected chi connectivity index (χ4v) is 4.44. The molecular weight excluding hydrogens is 471 g/mol. The van der Waals surface area contributed by atoms with Crippen LogP contribution in [0.4, 0.5) is 18.9 Å². The summed E-state index contributed by atoms with van der Waals surface area (Å²) >= 11 is 0. The second-order valence-electron chi connectivity index (χ2n) is 8.40. The smallest absolute Gasteiger partial charge is 0.392 e. The summed E-state index contributed by atoms with van der Waals surface area (Å²) in [6, 6.07) is 16.3. The molecule has 1 N–H and O–H groups in total. The maximum atomic E-state index is 13.7. The van der Waals surface area contributed by atoms with E-state index in [1.54, 1.807) is 48.0 Å². The molecule has 0 spiro atoms. The number of aryl methyl sites for hydroxylation is 1. The lowest BCUT2D eigenvalue weighted by atomic mass is 9.96. The van der Waals surface area contributed by atoms with Gasteiger partial charge >= 0.3 is 6.18 Å². The number of nitrogens with zero attached hydrogens (tertiary/aromatic N) is 5. The van der Waals surface area contributed by atoms with Crippen molar-refractivity contribution < 1.29 is 23.1 Å². The van der Waals surface area contributed by atoms with Crippen LogP contribution in [0.2, 0.25) is 0 Å². The average molecular weight is 489 g/mol. The number of aliphatic hydroxyl groups is 1. The third kappa shape index (κ3) is 3.89. The number of amides is 1. The molecule has 0 radical (unpaired) electrons. The summed E-state index contributed by atoms with van der Waals surface area (Å²) in [5, 5.41) is 26.9. The molecule has 0 fully saturated rings. The van der Waals surface area contributed by atoms with Gasteiger partial charge in [0.2, 0.25) is 0 Å². The molecule has 3 aromatic carbocycles. The van der Waals surface area contributed by atoms with Crippen LogP contribution < -0.4 is 4.90 Å². The number of nitriles is 1. The van der Waals surface area contributed by atoms with Crippen LogP contribution in [0.15, 0.2) is 60.9 Å². The molecule has 0 atom stereocenters. The number of fused-ring (bicyclic) bond motifs is 1. The first-order chi connectivity index (χ1) is 17.2. The Hall–Kier alpha value is -4.49. The topological polar surface area (TPSA) is 95.0 Å². The normalized spacial score (nSPS) is 13.1. The molecule has 0 saturated carbocycles. The Morgan fingerprint density at radius 1 is 1.08 bits per heavy atom. The van der Waals surface area contributed by atoms with E-state index < -0.39 is 24.3 Å². The van der Waals surface area contributed by atoms with Gasteiger partial charge in [-0.25, -0.2) is 0 Å². The van der Waals surface area contributed by atoms with Gasteiger partial charge in [0.1, 0.15) is 6.33 Å². The predicted molar refractivity (Wildman–Crippen MR) is 124 cm³/mol. The van der Waals surface area contributed by atoms with E-state index in [0.29, 0.717) is 28.2 Å². The minimum atomic E-state index is -4.67. The van der Waals surface area contributed by atoms with Crippen LogP contribution in [0.3, 0.4) is 0 Å². The number of halogens is 3. The number of aromatic nitrogens is 3. The minimum absolute atomic E-state index is 0.0240. The number of hydrogen-bond donors (Lipinski definition) is 1. The van der Waals surface area contributed by atoms with Crippen molar-refractivity contribution in [3.8, 4) is 28.6 Å². The Balaban J connectivity index is 1.59. The number of alkyl halides is 3. The highest BCUT2D eigenvalue weighted by Gasteiger charge is 2.40. The zero-order chi connectivity index (χ0) is 25.6. The lowest BCUT2D eigenvalue weighted by Crippen LogP contribution is -2.23. The molecule has 36 heavy (non-hydrogen) atoms.